The number of aromatic nitrogens is 2. The Hall–Kier alpha value is -3.00. The highest BCUT2D eigenvalue weighted by atomic mass is 19.3. The van der Waals surface area contributed by atoms with Crippen LogP contribution >= 0.6 is 0 Å². The molecule has 178 valence electrons. The predicted molar refractivity (Wildman–Crippen MR) is 120 cm³/mol. The van der Waals surface area contributed by atoms with Crippen LogP contribution in [0, 0.1) is 0 Å². The van der Waals surface area contributed by atoms with Crippen LogP contribution in [-0.4, -0.2) is 40.1 Å². The zero-order valence-corrected chi connectivity index (χ0v) is 19.4. The Labute approximate surface area is 195 Å². The summed E-state index contributed by atoms with van der Waals surface area (Å²) in [4.78, 5) is 18.1. The number of Topliss-reactive ketones (excluding diaryl/α,β-unsaturated/α-hetero) is 1. The number of hydrogen-bond acceptors (Lipinski definition) is 5. The number of imidazole rings is 1. The molecule has 0 N–H and O–H groups in total. The van der Waals surface area contributed by atoms with Crippen molar-refractivity contribution < 1.29 is 27.8 Å². The van der Waals surface area contributed by atoms with E-state index in [0.29, 0.717) is 17.9 Å². The largest absolute Gasteiger partial charge is 0.491 e. The standard InChI is InChI=1S/C26H26F2N2O4/c1-15(2)34-20-8-22-29-21(25-11-24(3,12-25)33-13-25)10-30(22)9-16(20)7-19(31)17-5-4-6-18-23(17)32-14-26(18,27)28/h4-6,8-10,15H,7,11-14H2,1-3H3. The zero-order valence-electron chi connectivity index (χ0n) is 19.4. The number of carbonyl (C=O) groups is 1. The predicted octanol–water partition coefficient (Wildman–Crippen LogP) is 4.85. The molecule has 2 bridgehead atoms. The second-order valence-electron chi connectivity index (χ2n) is 10.4. The van der Waals surface area contributed by atoms with Crippen LogP contribution in [-0.2, 0) is 22.5 Å². The van der Waals surface area contributed by atoms with Crippen LogP contribution in [0.25, 0.3) is 5.65 Å². The van der Waals surface area contributed by atoms with Gasteiger partial charge in [-0.15, -0.1) is 0 Å². The zero-order chi connectivity index (χ0) is 23.9. The van der Waals surface area contributed by atoms with Gasteiger partial charge in [-0.2, -0.15) is 8.78 Å². The monoisotopic (exact) mass is 468 g/mol. The minimum atomic E-state index is -3.09. The van der Waals surface area contributed by atoms with Crippen LogP contribution in [0.5, 0.6) is 11.5 Å². The smallest absolute Gasteiger partial charge is 0.310 e. The highest BCUT2D eigenvalue weighted by Gasteiger charge is 2.61. The van der Waals surface area contributed by atoms with Crippen LogP contribution in [0.15, 0.2) is 36.7 Å². The molecule has 0 amide bonds. The van der Waals surface area contributed by atoms with E-state index in [2.05, 4.69) is 6.92 Å². The number of fused-ring (bicyclic) bond motifs is 3. The third kappa shape index (κ3) is 3.22. The van der Waals surface area contributed by atoms with Gasteiger partial charge in [0.2, 0.25) is 0 Å². The summed E-state index contributed by atoms with van der Waals surface area (Å²) in [6.45, 7) is 5.88. The van der Waals surface area contributed by atoms with Gasteiger partial charge in [-0.1, -0.05) is 6.07 Å². The van der Waals surface area contributed by atoms with Crippen molar-refractivity contribution >= 4 is 11.4 Å². The maximum absolute atomic E-state index is 14.1. The first-order chi connectivity index (χ1) is 16.1. The summed E-state index contributed by atoms with van der Waals surface area (Å²) in [7, 11) is 0. The average Bonchev–Trinajstić information content (AvgIpc) is 3.48. The summed E-state index contributed by atoms with van der Waals surface area (Å²) in [6, 6.07) is 6.16. The van der Waals surface area contributed by atoms with Gasteiger partial charge >= 0.3 is 5.92 Å². The fraction of sp³-hybridized carbons (Fsp3) is 0.462. The lowest BCUT2D eigenvalue weighted by molar-refractivity contribution is -0.0214. The van der Waals surface area contributed by atoms with Crippen molar-refractivity contribution in [2.45, 2.75) is 63.1 Å². The van der Waals surface area contributed by atoms with E-state index in [4.69, 9.17) is 19.2 Å². The molecule has 4 aliphatic rings. The third-order valence-electron chi connectivity index (χ3n) is 7.12. The maximum atomic E-state index is 14.1. The number of ketones is 1. The van der Waals surface area contributed by atoms with Gasteiger partial charge in [0.25, 0.3) is 0 Å². The lowest BCUT2D eigenvalue weighted by atomic mass is 9.62. The average molecular weight is 469 g/mol. The summed E-state index contributed by atoms with van der Waals surface area (Å²) in [5.41, 5.74) is 2.20. The van der Waals surface area contributed by atoms with Crippen LogP contribution in [0.2, 0.25) is 0 Å². The molecule has 1 saturated carbocycles. The van der Waals surface area contributed by atoms with Crippen molar-refractivity contribution in [3.63, 3.8) is 0 Å². The summed E-state index contributed by atoms with van der Waals surface area (Å²) in [5.74, 6) is -2.86. The molecule has 3 aromatic rings. The van der Waals surface area contributed by atoms with Crippen molar-refractivity contribution in [1.29, 1.82) is 0 Å². The van der Waals surface area contributed by atoms with Crippen molar-refractivity contribution in [3.8, 4) is 11.5 Å². The number of hydrogen-bond donors (Lipinski definition) is 0. The molecule has 3 fully saturated rings. The normalized spacial score (nSPS) is 26.4. The van der Waals surface area contributed by atoms with E-state index in [1.807, 2.05) is 36.7 Å². The number of para-hydroxylation sites is 1. The molecular weight excluding hydrogens is 442 g/mol. The van der Waals surface area contributed by atoms with Gasteiger partial charge in [0, 0.05) is 35.9 Å². The highest BCUT2D eigenvalue weighted by Crippen LogP contribution is 2.58. The first kappa shape index (κ1) is 21.5. The summed E-state index contributed by atoms with van der Waals surface area (Å²) in [6.07, 6.45) is 5.64. The Morgan fingerprint density at radius 3 is 2.74 bits per heavy atom. The number of halogens is 2. The molecule has 2 aromatic heterocycles. The summed E-state index contributed by atoms with van der Waals surface area (Å²) in [5, 5.41) is 0. The quantitative estimate of drug-likeness (QED) is 0.484. The van der Waals surface area contributed by atoms with Crippen LogP contribution < -0.4 is 9.47 Å². The molecule has 6 nitrogen and oxygen atoms in total. The molecule has 1 aromatic carbocycles. The van der Waals surface area contributed by atoms with Gasteiger partial charge in [0.05, 0.1) is 35.1 Å². The van der Waals surface area contributed by atoms with Crippen LogP contribution in [0.4, 0.5) is 8.78 Å². The van der Waals surface area contributed by atoms with Gasteiger partial charge < -0.3 is 18.6 Å². The molecule has 7 rings (SSSR count). The van der Waals surface area contributed by atoms with E-state index < -0.39 is 12.5 Å². The number of ether oxygens (including phenoxy) is 3. The van der Waals surface area contributed by atoms with E-state index in [1.165, 1.54) is 18.2 Å². The molecule has 0 radical (unpaired) electrons. The third-order valence-corrected chi connectivity index (χ3v) is 7.12. The fourth-order valence-corrected chi connectivity index (χ4v) is 5.67. The topological polar surface area (TPSA) is 62.1 Å². The van der Waals surface area contributed by atoms with Crippen LogP contribution in [0.3, 0.4) is 0 Å². The molecule has 2 saturated heterocycles. The van der Waals surface area contributed by atoms with Crippen molar-refractivity contribution in [2.24, 2.45) is 0 Å². The van der Waals surface area contributed by atoms with Gasteiger partial charge in [-0.05, 0) is 45.7 Å². The number of alkyl halides is 2. The lowest BCUT2D eigenvalue weighted by Gasteiger charge is -2.41. The number of pyridine rings is 1. The minimum absolute atomic E-state index is 0.0107. The molecule has 3 aliphatic heterocycles. The molecule has 0 atom stereocenters. The van der Waals surface area contributed by atoms with Gasteiger partial charge in [0.15, 0.2) is 12.4 Å². The van der Waals surface area contributed by atoms with Crippen molar-refractivity contribution in [2.75, 3.05) is 13.2 Å². The number of benzene rings is 1. The molecule has 0 spiro atoms. The van der Waals surface area contributed by atoms with Gasteiger partial charge in [-0.3, -0.25) is 4.79 Å². The summed E-state index contributed by atoms with van der Waals surface area (Å²) >= 11 is 0. The van der Waals surface area contributed by atoms with E-state index in [1.54, 1.807) is 0 Å². The van der Waals surface area contributed by atoms with E-state index in [9.17, 15) is 13.6 Å². The Morgan fingerprint density at radius 2 is 2.03 bits per heavy atom. The molecule has 0 unspecified atom stereocenters. The number of carbonyl (C=O) groups excluding carboxylic acids is 1. The Bertz CT molecular complexity index is 1320. The Morgan fingerprint density at radius 1 is 1.24 bits per heavy atom. The molecule has 34 heavy (non-hydrogen) atoms. The van der Waals surface area contributed by atoms with Gasteiger partial charge in [0.1, 0.15) is 17.1 Å². The Balaban J connectivity index is 1.36. The second kappa shape index (κ2) is 7.01. The minimum Gasteiger partial charge on any atom is -0.491 e. The maximum Gasteiger partial charge on any atom is 0.310 e. The highest BCUT2D eigenvalue weighted by molar-refractivity contribution is 6.01. The lowest BCUT2D eigenvalue weighted by Crippen LogP contribution is -2.45. The van der Waals surface area contributed by atoms with Crippen molar-refractivity contribution in [1.82, 2.24) is 9.38 Å². The molecule has 1 aliphatic carbocycles. The summed E-state index contributed by atoms with van der Waals surface area (Å²) < 4.78 is 47.3. The fourth-order valence-electron chi connectivity index (χ4n) is 5.67. The van der Waals surface area contributed by atoms with Crippen molar-refractivity contribution in [3.05, 3.63) is 59.0 Å². The van der Waals surface area contributed by atoms with E-state index >= 15 is 0 Å². The van der Waals surface area contributed by atoms with Crippen LogP contribution in [0.1, 0.15) is 60.8 Å². The van der Waals surface area contributed by atoms with Gasteiger partial charge in [-0.25, -0.2) is 4.98 Å². The first-order valence-corrected chi connectivity index (χ1v) is 11.6. The SMILES string of the molecule is CC(C)Oc1cc2nc(C34COC(C)(C3)C4)cn2cc1CC(=O)c1cccc2c1OCC2(F)F. The molecular formula is C26H26F2N2O4. The Kier molecular flexibility index (Phi) is 4.44. The second-order valence-corrected chi connectivity index (χ2v) is 10.4. The number of rotatable bonds is 6. The molecule has 8 heteroatoms. The first-order valence-electron chi connectivity index (χ1n) is 11.6. The van der Waals surface area contributed by atoms with E-state index in [-0.39, 0.29) is 46.2 Å². The molecule has 5 heterocycles. The number of nitrogens with zero attached hydrogens (tertiary/aromatic N) is 2. The van der Waals surface area contributed by atoms with E-state index in [0.717, 1.165) is 24.2 Å².